The van der Waals surface area contributed by atoms with Crippen LogP contribution in [-0.2, 0) is 9.05 Å². The van der Waals surface area contributed by atoms with Crippen LogP contribution in [0.4, 0.5) is 8.78 Å². The molecule has 0 N–H and O–H groups in total. The van der Waals surface area contributed by atoms with E-state index in [1.165, 1.54) is 4.90 Å². The van der Waals surface area contributed by atoms with Gasteiger partial charge in [0.15, 0.2) is 11.6 Å². The van der Waals surface area contributed by atoms with Crippen molar-refractivity contribution >= 4 is 25.6 Å². The second-order valence-electron chi connectivity index (χ2n) is 5.58. The molecule has 0 aliphatic carbocycles. The number of likely N-dealkylation sites (tertiary alicyclic amines) is 1. The molecule has 1 heterocycles. The van der Waals surface area contributed by atoms with Gasteiger partial charge in [-0.1, -0.05) is 0 Å². The predicted octanol–water partition coefficient (Wildman–Crippen LogP) is 2.91. The van der Waals surface area contributed by atoms with Gasteiger partial charge in [0, 0.05) is 22.8 Å². The van der Waals surface area contributed by atoms with Gasteiger partial charge in [0.05, 0.1) is 10.5 Å². The van der Waals surface area contributed by atoms with Crippen LogP contribution in [0, 0.1) is 11.6 Å². The van der Waals surface area contributed by atoms with Crippen molar-refractivity contribution in [3.05, 3.63) is 29.3 Å². The minimum Gasteiger partial charge on any atom is -0.333 e. The molecule has 0 radical (unpaired) electrons. The molecule has 1 aromatic carbocycles. The molecule has 21 heavy (non-hydrogen) atoms. The van der Waals surface area contributed by atoms with Crippen molar-refractivity contribution in [2.45, 2.75) is 37.1 Å². The predicted molar refractivity (Wildman–Crippen MR) is 73.7 cm³/mol. The summed E-state index contributed by atoms with van der Waals surface area (Å²) < 4.78 is 49.9. The van der Waals surface area contributed by atoms with Crippen LogP contribution in [0.25, 0.3) is 0 Å². The Bertz CT molecular complexity index is 704. The van der Waals surface area contributed by atoms with Crippen LogP contribution in [0.1, 0.15) is 37.0 Å². The van der Waals surface area contributed by atoms with Crippen LogP contribution in [0.5, 0.6) is 0 Å². The zero-order valence-electron chi connectivity index (χ0n) is 11.5. The van der Waals surface area contributed by atoms with Gasteiger partial charge in [-0.3, -0.25) is 4.79 Å². The number of halogens is 3. The molecule has 0 aromatic heterocycles. The molecular formula is C13H14ClF2NO3S. The Morgan fingerprint density at radius 1 is 1.33 bits per heavy atom. The normalized spacial score (nSPS) is 18.0. The molecule has 1 aliphatic heterocycles. The van der Waals surface area contributed by atoms with Crippen LogP contribution in [0.15, 0.2) is 17.0 Å². The standard InChI is InChI=1S/C13H14ClF2NO3S/c1-13(2)4-3-5-17(13)12(18)9-6-8(21(14,19)20)7-10(15)11(9)16/h6-7H,3-5H2,1-2H3. The van der Waals surface area contributed by atoms with Crippen molar-refractivity contribution in [3.63, 3.8) is 0 Å². The lowest BCUT2D eigenvalue weighted by Crippen LogP contribution is -2.43. The van der Waals surface area contributed by atoms with Gasteiger partial charge < -0.3 is 4.90 Å². The Kier molecular flexibility index (Phi) is 4.01. The third-order valence-electron chi connectivity index (χ3n) is 3.66. The Labute approximate surface area is 126 Å². The first kappa shape index (κ1) is 16.2. The van der Waals surface area contributed by atoms with Crippen LogP contribution >= 0.6 is 10.7 Å². The lowest BCUT2D eigenvalue weighted by Gasteiger charge is -2.31. The number of hydrogen-bond acceptors (Lipinski definition) is 3. The monoisotopic (exact) mass is 337 g/mol. The average molecular weight is 338 g/mol. The molecule has 4 nitrogen and oxygen atoms in total. The second kappa shape index (κ2) is 5.21. The Morgan fingerprint density at radius 2 is 1.95 bits per heavy atom. The summed E-state index contributed by atoms with van der Waals surface area (Å²) in [6, 6.07) is 1.24. The van der Waals surface area contributed by atoms with Gasteiger partial charge in [-0.25, -0.2) is 17.2 Å². The highest BCUT2D eigenvalue weighted by Crippen LogP contribution is 2.31. The maximum absolute atomic E-state index is 13.9. The van der Waals surface area contributed by atoms with Crippen molar-refractivity contribution in [2.75, 3.05) is 6.54 Å². The van der Waals surface area contributed by atoms with E-state index in [0.717, 1.165) is 18.9 Å². The highest BCUT2D eigenvalue weighted by molar-refractivity contribution is 8.13. The van der Waals surface area contributed by atoms with Gasteiger partial charge in [0.1, 0.15) is 0 Å². The summed E-state index contributed by atoms with van der Waals surface area (Å²) in [5, 5.41) is 0. The molecule has 1 aliphatic rings. The fraction of sp³-hybridized carbons (Fsp3) is 0.462. The SMILES string of the molecule is CC1(C)CCCN1C(=O)c1cc(S(=O)(=O)Cl)cc(F)c1F. The lowest BCUT2D eigenvalue weighted by atomic mass is 10.0. The first-order valence-electron chi connectivity index (χ1n) is 6.30. The van der Waals surface area contributed by atoms with E-state index in [1.54, 1.807) is 0 Å². The molecule has 0 spiro atoms. The topological polar surface area (TPSA) is 54.5 Å². The van der Waals surface area contributed by atoms with E-state index in [-0.39, 0.29) is 0 Å². The highest BCUT2D eigenvalue weighted by atomic mass is 35.7. The van der Waals surface area contributed by atoms with Crippen LogP contribution < -0.4 is 0 Å². The van der Waals surface area contributed by atoms with E-state index >= 15 is 0 Å². The van der Waals surface area contributed by atoms with Crippen molar-refractivity contribution < 1.29 is 22.0 Å². The first-order chi connectivity index (χ1) is 9.54. The molecule has 8 heteroatoms. The lowest BCUT2D eigenvalue weighted by molar-refractivity contribution is 0.0645. The van der Waals surface area contributed by atoms with Gasteiger partial charge in [-0.05, 0) is 38.8 Å². The summed E-state index contributed by atoms with van der Waals surface area (Å²) in [4.78, 5) is 13.2. The Balaban J connectivity index is 2.53. The van der Waals surface area contributed by atoms with Gasteiger partial charge >= 0.3 is 0 Å². The van der Waals surface area contributed by atoms with Crippen molar-refractivity contribution in [1.29, 1.82) is 0 Å². The van der Waals surface area contributed by atoms with E-state index in [2.05, 4.69) is 0 Å². The number of carbonyl (C=O) groups excluding carboxylic acids is 1. The first-order valence-corrected chi connectivity index (χ1v) is 8.60. The number of amides is 1. The third kappa shape index (κ3) is 3.03. The summed E-state index contributed by atoms with van der Waals surface area (Å²) in [7, 11) is 0.878. The van der Waals surface area contributed by atoms with Crippen LogP contribution in [0.3, 0.4) is 0 Å². The number of rotatable bonds is 2. The molecule has 0 saturated carbocycles. The summed E-state index contributed by atoms with van der Waals surface area (Å²) >= 11 is 0. The largest absolute Gasteiger partial charge is 0.333 e. The molecule has 0 bridgehead atoms. The fourth-order valence-electron chi connectivity index (χ4n) is 2.49. The van der Waals surface area contributed by atoms with Crippen LogP contribution in [-0.4, -0.2) is 31.3 Å². The van der Waals surface area contributed by atoms with Gasteiger partial charge in [-0.15, -0.1) is 0 Å². The third-order valence-corrected chi connectivity index (χ3v) is 4.99. The molecule has 116 valence electrons. The Morgan fingerprint density at radius 3 is 2.43 bits per heavy atom. The van der Waals surface area contributed by atoms with E-state index in [4.69, 9.17) is 10.7 Å². The van der Waals surface area contributed by atoms with Crippen molar-refractivity contribution in [1.82, 2.24) is 4.90 Å². The zero-order valence-corrected chi connectivity index (χ0v) is 13.1. The molecule has 1 saturated heterocycles. The molecular weight excluding hydrogens is 324 g/mol. The summed E-state index contributed by atoms with van der Waals surface area (Å²) in [6.45, 7) is 4.04. The van der Waals surface area contributed by atoms with E-state index in [1.807, 2.05) is 13.8 Å². The van der Waals surface area contributed by atoms with E-state index in [0.29, 0.717) is 12.6 Å². The maximum atomic E-state index is 13.9. The Hall–Kier alpha value is -1.21. The van der Waals surface area contributed by atoms with Gasteiger partial charge in [0.2, 0.25) is 0 Å². The number of benzene rings is 1. The molecule has 0 unspecified atom stereocenters. The second-order valence-corrected chi connectivity index (χ2v) is 8.14. The van der Waals surface area contributed by atoms with Gasteiger partial charge in [0.25, 0.3) is 15.0 Å². The van der Waals surface area contributed by atoms with Gasteiger partial charge in [-0.2, -0.15) is 0 Å². The van der Waals surface area contributed by atoms with Crippen molar-refractivity contribution in [3.8, 4) is 0 Å². The number of carbonyl (C=O) groups is 1. The average Bonchev–Trinajstić information content (AvgIpc) is 2.70. The van der Waals surface area contributed by atoms with Crippen molar-refractivity contribution in [2.24, 2.45) is 0 Å². The molecule has 0 atom stereocenters. The highest BCUT2D eigenvalue weighted by Gasteiger charge is 2.37. The summed E-state index contributed by atoms with van der Waals surface area (Å²) in [5.74, 6) is -3.53. The number of nitrogens with zero attached hydrogens (tertiary/aromatic N) is 1. The summed E-state index contributed by atoms with van der Waals surface area (Å²) in [6.07, 6.45) is 1.48. The van der Waals surface area contributed by atoms with Crippen LogP contribution in [0.2, 0.25) is 0 Å². The number of hydrogen-bond donors (Lipinski definition) is 0. The summed E-state index contributed by atoms with van der Waals surface area (Å²) in [5.41, 5.74) is -1.11. The molecule has 1 aromatic rings. The molecule has 1 amide bonds. The minimum atomic E-state index is -4.26. The maximum Gasteiger partial charge on any atom is 0.261 e. The quantitative estimate of drug-likeness (QED) is 0.780. The molecule has 2 rings (SSSR count). The molecule has 1 fully saturated rings. The smallest absolute Gasteiger partial charge is 0.261 e. The zero-order chi connectivity index (χ0) is 16.0. The van der Waals surface area contributed by atoms with E-state index < -0.39 is 42.6 Å². The minimum absolute atomic E-state index is 0.407. The fourth-order valence-corrected chi connectivity index (χ4v) is 3.26. The van der Waals surface area contributed by atoms with E-state index in [9.17, 15) is 22.0 Å².